The van der Waals surface area contributed by atoms with Crippen LogP contribution in [0.4, 0.5) is 0 Å². The third kappa shape index (κ3) is 1.51. The van der Waals surface area contributed by atoms with Gasteiger partial charge in [0.1, 0.15) is 0 Å². The summed E-state index contributed by atoms with van der Waals surface area (Å²) < 4.78 is 0. The molecule has 74 valence electrons. The zero-order valence-electron chi connectivity index (χ0n) is 8.05. The molecule has 0 aliphatic carbocycles. The zero-order chi connectivity index (χ0) is 9.97. The van der Waals surface area contributed by atoms with Gasteiger partial charge < -0.3 is 9.94 Å². The third-order valence-electron chi connectivity index (χ3n) is 2.52. The Morgan fingerprint density at radius 3 is 2.64 bits per heavy atom. The van der Waals surface area contributed by atoms with Crippen molar-refractivity contribution >= 4 is 5.71 Å². The number of aliphatic hydroxyl groups excluding tert-OH is 1. The maximum absolute atomic E-state index is 9.00. The van der Waals surface area contributed by atoms with Gasteiger partial charge in [0.05, 0.1) is 12.3 Å². The van der Waals surface area contributed by atoms with Crippen LogP contribution in [-0.2, 0) is 4.84 Å². The number of hydrogen-bond donors (Lipinski definition) is 1. The molecule has 1 aliphatic rings. The van der Waals surface area contributed by atoms with Crippen LogP contribution in [0.25, 0.3) is 0 Å². The highest BCUT2D eigenvalue weighted by Gasteiger charge is 2.30. The van der Waals surface area contributed by atoms with E-state index in [-0.39, 0.29) is 18.6 Å². The fraction of sp³-hybridized carbons (Fsp3) is 0.364. The lowest BCUT2D eigenvalue weighted by atomic mass is 9.95. The molecule has 14 heavy (non-hydrogen) atoms. The predicted molar refractivity (Wildman–Crippen MR) is 54.1 cm³/mol. The van der Waals surface area contributed by atoms with Crippen molar-refractivity contribution in [1.82, 2.24) is 0 Å². The summed E-state index contributed by atoms with van der Waals surface area (Å²) in [6.45, 7) is 2.03. The van der Waals surface area contributed by atoms with Gasteiger partial charge in [-0.2, -0.15) is 0 Å². The van der Waals surface area contributed by atoms with E-state index >= 15 is 0 Å². The number of aliphatic hydroxyl groups is 1. The minimum atomic E-state index is -0.190. The summed E-state index contributed by atoms with van der Waals surface area (Å²) in [6, 6.07) is 9.90. The summed E-state index contributed by atoms with van der Waals surface area (Å²) >= 11 is 0. The minimum Gasteiger partial charge on any atom is -0.392 e. The molecule has 2 atom stereocenters. The van der Waals surface area contributed by atoms with Gasteiger partial charge in [0.2, 0.25) is 0 Å². The molecule has 3 heteroatoms. The molecule has 0 spiro atoms. The molecule has 0 amide bonds. The van der Waals surface area contributed by atoms with E-state index in [1.165, 1.54) is 0 Å². The van der Waals surface area contributed by atoms with Crippen molar-refractivity contribution in [3.05, 3.63) is 35.9 Å². The topological polar surface area (TPSA) is 41.8 Å². The van der Waals surface area contributed by atoms with Crippen LogP contribution in [0.2, 0.25) is 0 Å². The summed E-state index contributed by atoms with van der Waals surface area (Å²) in [5, 5.41) is 13.0. The van der Waals surface area contributed by atoms with Crippen LogP contribution in [0.5, 0.6) is 0 Å². The first-order chi connectivity index (χ1) is 6.83. The van der Waals surface area contributed by atoms with Crippen molar-refractivity contribution in [2.45, 2.75) is 13.0 Å². The second kappa shape index (κ2) is 3.80. The molecular weight excluding hydrogens is 178 g/mol. The lowest BCUT2D eigenvalue weighted by Crippen LogP contribution is -2.24. The molecule has 0 fully saturated rings. The molecule has 1 aliphatic heterocycles. The zero-order valence-corrected chi connectivity index (χ0v) is 8.05. The highest BCUT2D eigenvalue weighted by Crippen LogP contribution is 2.22. The number of hydrogen-bond acceptors (Lipinski definition) is 3. The molecule has 0 aromatic heterocycles. The molecule has 1 heterocycles. The van der Waals surface area contributed by atoms with Crippen molar-refractivity contribution in [3.8, 4) is 0 Å². The van der Waals surface area contributed by atoms with Crippen LogP contribution < -0.4 is 0 Å². The van der Waals surface area contributed by atoms with E-state index < -0.39 is 0 Å². The van der Waals surface area contributed by atoms with Crippen LogP contribution in [0.15, 0.2) is 35.5 Å². The summed E-state index contributed by atoms with van der Waals surface area (Å²) in [6.07, 6.45) is -0.190. The van der Waals surface area contributed by atoms with E-state index in [0.717, 1.165) is 11.3 Å². The fourth-order valence-electron chi connectivity index (χ4n) is 1.59. The fourth-order valence-corrected chi connectivity index (χ4v) is 1.59. The van der Waals surface area contributed by atoms with Gasteiger partial charge in [0.25, 0.3) is 0 Å². The highest BCUT2D eigenvalue weighted by atomic mass is 16.6. The number of rotatable bonds is 2. The highest BCUT2D eigenvalue weighted by molar-refractivity contribution is 6.02. The quantitative estimate of drug-likeness (QED) is 0.768. The summed E-state index contributed by atoms with van der Waals surface area (Å²) in [7, 11) is 0. The average molecular weight is 191 g/mol. The van der Waals surface area contributed by atoms with Crippen LogP contribution >= 0.6 is 0 Å². The van der Waals surface area contributed by atoms with Crippen LogP contribution in [-0.4, -0.2) is 23.5 Å². The smallest absolute Gasteiger partial charge is 0.158 e. The van der Waals surface area contributed by atoms with Crippen LogP contribution in [0.1, 0.15) is 12.5 Å². The lowest BCUT2D eigenvalue weighted by Gasteiger charge is -2.10. The van der Waals surface area contributed by atoms with Gasteiger partial charge >= 0.3 is 0 Å². The standard InChI is InChI=1S/C11H13NO2/c1-8-10(7-13)14-12-11(8)9-5-3-2-4-6-9/h2-6,8,10,13H,7H2,1H3/t8?,10-/m0/s1. The van der Waals surface area contributed by atoms with Crippen LogP contribution in [0, 0.1) is 5.92 Å². The van der Waals surface area contributed by atoms with E-state index in [1.54, 1.807) is 0 Å². The Bertz CT molecular complexity index is 334. The van der Waals surface area contributed by atoms with Crippen molar-refractivity contribution in [1.29, 1.82) is 0 Å². The molecule has 1 aromatic carbocycles. The molecule has 2 rings (SSSR count). The first-order valence-electron chi connectivity index (χ1n) is 4.73. The molecule has 0 bridgehead atoms. The molecular formula is C11H13NO2. The second-order valence-electron chi connectivity index (χ2n) is 3.46. The normalized spacial score (nSPS) is 25.7. The van der Waals surface area contributed by atoms with E-state index in [9.17, 15) is 0 Å². The molecule has 0 radical (unpaired) electrons. The van der Waals surface area contributed by atoms with Crippen molar-refractivity contribution < 1.29 is 9.94 Å². The largest absolute Gasteiger partial charge is 0.392 e. The Kier molecular flexibility index (Phi) is 2.50. The minimum absolute atomic E-state index is 0.0149. The maximum atomic E-state index is 9.00. The first-order valence-corrected chi connectivity index (χ1v) is 4.73. The molecule has 1 unspecified atom stereocenters. The Balaban J connectivity index is 2.22. The molecule has 1 N–H and O–H groups in total. The van der Waals surface area contributed by atoms with E-state index in [0.29, 0.717) is 0 Å². The molecule has 0 saturated heterocycles. The van der Waals surface area contributed by atoms with E-state index in [4.69, 9.17) is 9.94 Å². The Morgan fingerprint density at radius 2 is 2.07 bits per heavy atom. The summed E-state index contributed by atoms with van der Waals surface area (Å²) in [4.78, 5) is 5.12. The Hall–Kier alpha value is -1.35. The van der Waals surface area contributed by atoms with E-state index in [1.807, 2.05) is 37.3 Å². The van der Waals surface area contributed by atoms with Gasteiger partial charge in [-0.05, 0) is 5.56 Å². The molecule has 3 nitrogen and oxygen atoms in total. The number of benzene rings is 1. The van der Waals surface area contributed by atoms with Gasteiger partial charge in [0.15, 0.2) is 6.10 Å². The van der Waals surface area contributed by atoms with Crippen molar-refractivity contribution in [2.75, 3.05) is 6.61 Å². The van der Waals surface area contributed by atoms with Crippen LogP contribution in [0.3, 0.4) is 0 Å². The van der Waals surface area contributed by atoms with Gasteiger partial charge in [-0.3, -0.25) is 0 Å². The van der Waals surface area contributed by atoms with Gasteiger partial charge in [-0.25, -0.2) is 0 Å². The molecule has 1 aromatic rings. The number of oxime groups is 1. The van der Waals surface area contributed by atoms with Gasteiger partial charge in [0, 0.05) is 5.92 Å². The molecule has 0 saturated carbocycles. The second-order valence-corrected chi connectivity index (χ2v) is 3.46. The predicted octanol–water partition coefficient (Wildman–Crippen LogP) is 1.42. The van der Waals surface area contributed by atoms with Gasteiger partial charge in [-0.15, -0.1) is 0 Å². The average Bonchev–Trinajstić information content (AvgIpc) is 2.61. The SMILES string of the molecule is CC1C(c2ccccc2)=NO[C@H]1CO. The van der Waals surface area contributed by atoms with Crippen molar-refractivity contribution in [3.63, 3.8) is 0 Å². The monoisotopic (exact) mass is 191 g/mol. The summed E-state index contributed by atoms with van der Waals surface area (Å²) in [5.41, 5.74) is 1.99. The summed E-state index contributed by atoms with van der Waals surface area (Å²) in [5.74, 6) is 0.155. The third-order valence-corrected chi connectivity index (χ3v) is 2.52. The van der Waals surface area contributed by atoms with Gasteiger partial charge in [-0.1, -0.05) is 42.4 Å². The van der Waals surface area contributed by atoms with Crippen molar-refractivity contribution in [2.24, 2.45) is 11.1 Å². The number of nitrogens with zero attached hydrogens (tertiary/aromatic N) is 1. The maximum Gasteiger partial charge on any atom is 0.158 e. The Labute approximate surface area is 83.0 Å². The lowest BCUT2D eigenvalue weighted by molar-refractivity contribution is 0.0211. The van der Waals surface area contributed by atoms with E-state index in [2.05, 4.69) is 5.16 Å². The first kappa shape index (κ1) is 9.21. The Morgan fingerprint density at radius 1 is 1.36 bits per heavy atom.